The van der Waals surface area contributed by atoms with Gasteiger partial charge in [0.15, 0.2) is 5.60 Å². The van der Waals surface area contributed by atoms with E-state index in [2.05, 4.69) is 5.92 Å². The Labute approximate surface area is 320 Å². The summed E-state index contributed by atoms with van der Waals surface area (Å²) in [5, 5.41) is 0. The first-order valence-corrected chi connectivity index (χ1v) is 18.0. The van der Waals surface area contributed by atoms with Gasteiger partial charge in [0.05, 0.1) is 43.5 Å². The van der Waals surface area contributed by atoms with Gasteiger partial charge in [-0.1, -0.05) is 20.8 Å². The van der Waals surface area contributed by atoms with Crippen LogP contribution >= 0.6 is 0 Å². The third kappa shape index (κ3) is 11.6. The summed E-state index contributed by atoms with van der Waals surface area (Å²) in [5.74, 6) is -15.6. The number of halogens is 5. The van der Waals surface area contributed by atoms with Gasteiger partial charge in [-0.25, -0.2) is 18.0 Å². The van der Waals surface area contributed by atoms with Gasteiger partial charge in [-0.05, 0) is 74.7 Å². The van der Waals surface area contributed by atoms with Crippen molar-refractivity contribution < 1.29 is 74.3 Å². The summed E-state index contributed by atoms with van der Waals surface area (Å²) in [6.07, 6.45) is 5.42. The van der Waals surface area contributed by atoms with Crippen LogP contribution in [0.4, 0.5) is 22.0 Å². The van der Waals surface area contributed by atoms with Crippen LogP contribution in [0, 0.1) is 57.7 Å². The van der Waals surface area contributed by atoms with Gasteiger partial charge in [0.2, 0.25) is 34.8 Å². The van der Waals surface area contributed by atoms with Crippen LogP contribution in [0.5, 0.6) is 5.75 Å². The molecule has 0 saturated heterocycles. The topological polar surface area (TPSA) is 133 Å². The first kappa shape index (κ1) is 49.2. The molecule has 0 heterocycles. The molecule has 16 heteroatoms. The molecule has 1 rings (SSSR count). The average molecular weight is 795 g/mol. The van der Waals surface area contributed by atoms with Crippen LogP contribution in [0.2, 0.25) is 0 Å². The lowest BCUT2D eigenvalue weighted by Gasteiger charge is -2.45. The molecular formula is C39H55F5O11. The number of esters is 4. The Bertz CT molecular complexity index is 1540. The summed E-state index contributed by atoms with van der Waals surface area (Å²) in [6.45, 7) is 14.9. The Balaban J connectivity index is 3.60. The smallest absolute Gasteiger partial charge is 0.338 e. The van der Waals surface area contributed by atoms with Crippen molar-refractivity contribution in [3.05, 3.63) is 29.1 Å². The lowest BCUT2D eigenvalue weighted by Crippen LogP contribution is -2.54. The van der Waals surface area contributed by atoms with Crippen molar-refractivity contribution in [2.45, 2.75) is 119 Å². The van der Waals surface area contributed by atoms with Crippen molar-refractivity contribution in [2.75, 3.05) is 39.6 Å². The average Bonchev–Trinajstić information content (AvgIpc) is 3.16. The summed E-state index contributed by atoms with van der Waals surface area (Å²) in [4.78, 5) is 53.8. The first-order chi connectivity index (χ1) is 25.4. The summed E-state index contributed by atoms with van der Waals surface area (Å²) >= 11 is 0. The monoisotopic (exact) mass is 794 g/mol. The molecule has 5 unspecified atom stereocenters. The summed E-state index contributed by atoms with van der Waals surface area (Å²) < 4.78 is 110. The molecule has 0 N–H and O–H groups in total. The van der Waals surface area contributed by atoms with Crippen molar-refractivity contribution in [1.82, 2.24) is 0 Å². The maximum atomic E-state index is 14.6. The number of ether oxygens (including phenoxy) is 7. The Morgan fingerprint density at radius 3 is 1.60 bits per heavy atom. The fourth-order valence-electron chi connectivity index (χ4n) is 4.97. The molecule has 1 aromatic carbocycles. The highest BCUT2D eigenvalue weighted by atomic mass is 19.2. The molecule has 0 radical (unpaired) electrons. The summed E-state index contributed by atoms with van der Waals surface area (Å²) in [7, 11) is 0. The zero-order valence-electron chi connectivity index (χ0n) is 33.6. The molecule has 312 valence electrons. The molecular weight excluding hydrogens is 739 g/mol. The van der Waals surface area contributed by atoms with Gasteiger partial charge in [0.25, 0.3) is 0 Å². The maximum absolute atomic E-state index is 14.6. The second-order valence-corrected chi connectivity index (χ2v) is 14.6. The van der Waals surface area contributed by atoms with Crippen molar-refractivity contribution in [3.63, 3.8) is 0 Å². The number of terminal acetylenes is 1. The van der Waals surface area contributed by atoms with Gasteiger partial charge in [-0.15, -0.1) is 12.3 Å². The lowest BCUT2D eigenvalue weighted by atomic mass is 9.70. The van der Waals surface area contributed by atoms with E-state index in [1.54, 1.807) is 41.5 Å². The second kappa shape index (κ2) is 20.4. The van der Waals surface area contributed by atoms with Crippen LogP contribution in [0.25, 0.3) is 0 Å². The minimum atomic E-state index is -2.47. The van der Waals surface area contributed by atoms with E-state index in [0.717, 1.165) is 6.92 Å². The largest absolute Gasteiger partial charge is 0.465 e. The highest BCUT2D eigenvalue weighted by molar-refractivity contribution is 5.82. The van der Waals surface area contributed by atoms with Gasteiger partial charge in [-0.3, -0.25) is 14.4 Å². The Morgan fingerprint density at radius 2 is 1.15 bits per heavy atom. The molecule has 1 aromatic rings. The van der Waals surface area contributed by atoms with E-state index in [0.29, 0.717) is 0 Å². The molecule has 0 aromatic heterocycles. The van der Waals surface area contributed by atoms with E-state index in [1.807, 2.05) is 0 Å². The molecule has 0 spiro atoms. The number of hydrogen-bond donors (Lipinski definition) is 0. The Kier molecular flexibility index (Phi) is 18.2. The SMILES string of the molecule is C#CCCOC(C)(CC)C(=O)OCC(C)(COC(C)(CC)C(C)(CC)C(=O)OCC(C)(COC(C)C)C(=O)OCC)C(=O)Oc1c(F)c(F)c(F)c(F)c1F. The third-order valence-electron chi connectivity index (χ3n) is 9.89. The maximum Gasteiger partial charge on any atom is 0.338 e. The van der Waals surface area contributed by atoms with Crippen LogP contribution in [0.15, 0.2) is 0 Å². The van der Waals surface area contributed by atoms with Crippen molar-refractivity contribution in [3.8, 4) is 18.1 Å². The minimum absolute atomic E-state index is 0.0249. The van der Waals surface area contributed by atoms with Crippen LogP contribution in [-0.4, -0.2) is 80.8 Å². The lowest BCUT2D eigenvalue weighted by molar-refractivity contribution is -0.199. The van der Waals surface area contributed by atoms with E-state index >= 15 is 0 Å². The molecule has 0 saturated carbocycles. The molecule has 0 amide bonds. The predicted molar refractivity (Wildman–Crippen MR) is 189 cm³/mol. The normalized spacial score (nSPS) is 17.0. The first-order valence-electron chi connectivity index (χ1n) is 18.0. The molecule has 0 bridgehead atoms. The van der Waals surface area contributed by atoms with Crippen LogP contribution in [0.3, 0.4) is 0 Å². The highest BCUT2D eigenvalue weighted by Crippen LogP contribution is 2.43. The summed E-state index contributed by atoms with van der Waals surface area (Å²) in [5.41, 5.74) is -8.19. The number of rotatable bonds is 23. The van der Waals surface area contributed by atoms with Gasteiger partial charge in [0, 0.05) is 6.42 Å². The van der Waals surface area contributed by atoms with Crippen LogP contribution in [0.1, 0.15) is 102 Å². The molecule has 0 aliphatic carbocycles. The van der Waals surface area contributed by atoms with Gasteiger partial charge >= 0.3 is 23.9 Å². The van der Waals surface area contributed by atoms with Crippen LogP contribution in [-0.2, 0) is 47.6 Å². The highest BCUT2D eigenvalue weighted by Gasteiger charge is 2.53. The fourth-order valence-corrected chi connectivity index (χ4v) is 4.97. The zero-order chi connectivity index (χ0) is 42.6. The van der Waals surface area contributed by atoms with Gasteiger partial charge in [0.1, 0.15) is 24.0 Å². The number of hydrogen-bond acceptors (Lipinski definition) is 11. The second-order valence-electron chi connectivity index (χ2n) is 14.6. The molecule has 0 aliphatic heterocycles. The van der Waals surface area contributed by atoms with Gasteiger partial charge in [-0.2, -0.15) is 8.78 Å². The molecule has 11 nitrogen and oxygen atoms in total. The van der Waals surface area contributed by atoms with E-state index in [9.17, 15) is 41.1 Å². The van der Waals surface area contributed by atoms with Crippen molar-refractivity contribution in [1.29, 1.82) is 0 Å². The Hall–Kier alpha value is -3.81. The van der Waals surface area contributed by atoms with Crippen LogP contribution < -0.4 is 4.74 Å². The van der Waals surface area contributed by atoms with E-state index in [-0.39, 0.29) is 51.6 Å². The summed E-state index contributed by atoms with van der Waals surface area (Å²) in [6, 6.07) is 0. The van der Waals surface area contributed by atoms with Gasteiger partial charge < -0.3 is 33.2 Å². The van der Waals surface area contributed by atoms with E-state index in [1.165, 1.54) is 27.7 Å². The fraction of sp³-hybridized carbons (Fsp3) is 0.692. The van der Waals surface area contributed by atoms with E-state index in [4.69, 9.17) is 39.6 Å². The number of benzene rings is 1. The Morgan fingerprint density at radius 1 is 0.636 bits per heavy atom. The van der Waals surface area contributed by atoms with Crippen molar-refractivity contribution in [2.24, 2.45) is 16.2 Å². The molecule has 0 aliphatic rings. The molecule has 55 heavy (non-hydrogen) atoms. The number of carbonyl (C=O) groups excluding carboxylic acids is 4. The molecule has 5 atom stereocenters. The quantitative estimate of drug-likeness (QED) is 0.0163. The van der Waals surface area contributed by atoms with Crippen molar-refractivity contribution >= 4 is 23.9 Å². The third-order valence-corrected chi connectivity index (χ3v) is 9.89. The molecule has 0 fully saturated rings. The minimum Gasteiger partial charge on any atom is -0.465 e. The predicted octanol–water partition coefficient (Wildman–Crippen LogP) is 7.18. The zero-order valence-corrected chi connectivity index (χ0v) is 33.6. The standard InChI is InChI=1S/C39H55F5O11/c1-13-18-19-53-38(11,15-3)34(48)52-22-36(9,32(46)55-30-28(43)26(41)25(40)27(42)29(30)44)23-54-39(12,16-4)37(10,14-2)33(47)51-21-35(8,20-50-24(6)7)31(45)49-17-5/h1,24H,14-23H2,2-12H3. The van der Waals surface area contributed by atoms with E-state index < -0.39 is 106 Å². The number of carbonyl (C=O) groups is 4.